The fraction of sp³-hybridized carbons (Fsp3) is 0.294. The van der Waals surface area contributed by atoms with Gasteiger partial charge in [0.05, 0.1) is 20.8 Å². The average Bonchev–Trinajstić information content (AvgIpc) is 2.60. The molecule has 1 aromatic heterocycles. The van der Waals surface area contributed by atoms with Crippen molar-refractivity contribution in [1.82, 2.24) is 10.3 Å². The Hall–Kier alpha value is -2.28. The number of pyridine rings is 1. The van der Waals surface area contributed by atoms with Crippen LogP contribution in [0.25, 0.3) is 0 Å². The topological polar surface area (TPSA) is 69.7 Å². The third kappa shape index (κ3) is 4.38. The van der Waals surface area contributed by atoms with Gasteiger partial charge in [0.2, 0.25) is 5.88 Å². The largest absolute Gasteiger partial charge is 0.495 e. The lowest BCUT2D eigenvalue weighted by molar-refractivity contribution is 0.0950. The Bertz CT molecular complexity index is 696. The summed E-state index contributed by atoms with van der Waals surface area (Å²) in [4.78, 5) is 16.5. The number of rotatable bonds is 7. The maximum Gasteiger partial charge on any atom is 0.251 e. The van der Waals surface area contributed by atoms with Crippen molar-refractivity contribution in [3.8, 4) is 17.4 Å². The highest BCUT2D eigenvalue weighted by molar-refractivity contribution is 9.10. The van der Waals surface area contributed by atoms with Gasteiger partial charge in [0.1, 0.15) is 16.0 Å². The molecule has 1 amide bonds. The fourth-order valence-corrected chi connectivity index (χ4v) is 2.62. The predicted octanol–water partition coefficient (Wildman–Crippen LogP) is 3.19. The fourth-order valence-electron chi connectivity index (χ4n) is 2.07. The van der Waals surface area contributed by atoms with Gasteiger partial charge in [-0.3, -0.25) is 4.79 Å². The molecule has 128 valence electrons. The Labute approximate surface area is 149 Å². The number of nitrogens with zero attached hydrogens (tertiary/aromatic N) is 1. The van der Waals surface area contributed by atoms with E-state index in [1.807, 2.05) is 13.0 Å². The lowest BCUT2D eigenvalue weighted by atomic mass is 10.1. The Morgan fingerprint density at radius 3 is 2.46 bits per heavy atom. The molecular weight excluding hydrogens is 376 g/mol. The molecule has 7 heteroatoms. The molecule has 0 saturated heterocycles. The number of amides is 1. The summed E-state index contributed by atoms with van der Waals surface area (Å²) in [6.07, 6.45) is 1.65. The first kappa shape index (κ1) is 18.1. The number of carbonyl (C=O) groups is 1. The maximum atomic E-state index is 12.4. The van der Waals surface area contributed by atoms with Gasteiger partial charge in [-0.25, -0.2) is 4.98 Å². The predicted molar refractivity (Wildman–Crippen MR) is 93.8 cm³/mol. The van der Waals surface area contributed by atoms with Crippen LogP contribution in [-0.4, -0.2) is 31.7 Å². The van der Waals surface area contributed by atoms with Crippen molar-refractivity contribution in [2.24, 2.45) is 0 Å². The van der Waals surface area contributed by atoms with E-state index in [1.165, 1.54) is 14.2 Å². The number of benzene rings is 1. The summed E-state index contributed by atoms with van der Waals surface area (Å²) in [5.74, 6) is 1.37. The van der Waals surface area contributed by atoms with Crippen LogP contribution < -0.4 is 19.5 Å². The lowest BCUT2D eigenvalue weighted by Gasteiger charge is -2.12. The minimum atomic E-state index is -0.228. The molecule has 0 aliphatic carbocycles. The lowest BCUT2D eigenvalue weighted by Crippen LogP contribution is -2.23. The van der Waals surface area contributed by atoms with E-state index in [2.05, 4.69) is 26.2 Å². The van der Waals surface area contributed by atoms with Crippen molar-refractivity contribution < 1.29 is 19.0 Å². The molecule has 6 nitrogen and oxygen atoms in total. The highest BCUT2D eigenvalue weighted by Crippen LogP contribution is 2.35. The molecule has 0 fully saturated rings. The van der Waals surface area contributed by atoms with E-state index in [0.29, 0.717) is 40.6 Å². The van der Waals surface area contributed by atoms with Crippen LogP contribution in [0.3, 0.4) is 0 Å². The van der Waals surface area contributed by atoms with Gasteiger partial charge in [0, 0.05) is 24.4 Å². The van der Waals surface area contributed by atoms with Crippen molar-refractivity contribution in [2.75, 3.05) is 20.8 Å². The number of nitrogens with one attached hydrogen (secondary N) is 1. The van der Waals surface area contributed by atoms with E-state index in [4.69, 9.17) is 14.2 Å². The molecule has 0 aliphatic rings. The van der Waals surface area contributed by atoms with Crippen LogP contribution in [0.2, 0.25) is 0 Å². The van der Waals surface area contributed by atoms with Gasteiger partial charge in [-0.2, -0.15) is 0 Å². The van der Waals surface area contributed by atoms with Crippen LogP contribution in [0, 0.1) is 0 Å². The number of ether oxygens (including phenoxy) is 3. The van der Waals surface area contributed by atoms with E-state index in [-0.39, 0.29) is 5.91 Å². The molecule has 0 aliphatic heterocycles. The second kappa shape index (κ2) is 8.54. The number of halogens is 1. The molecule has 0 saturated carbocycles. The van der Waals surface area contributed by atoms with Gasteiger partial charge in [-0.1, -0.05) is 0 Å². The minimum absolute atomic E-state index is 0.228. The van der Waals surface area contributed by atoms with Crippen LogP contribution in [0.1, 0.15) is 22.8 Å². The highest BCUT2D eigenvalue weighted by atomic mass is 79.9. The van der Waals surface area contributed by atoms with Gasteiger partial charge < -0.3 is 19.5 Å². The normalized spacial score (nSPS) is 10.2. The van der Waals surface area contributed by atoms with Crippen molar-refractivity contribution in [3.63, 3.8) is 0 Å². The van der Waals surface area contributed by atoms with Gasteiger partial charge in [0.25, 0.3) is 5.91 Å². The smallest absolute Gasteiger partial charge is 0.251 e. The molecule has 2 rings (SSSR count). The zero-order valence-electron chi connectivity index (χ0n) is 13.8. The summed E-state index contributed by atoms with van der Waals surface area (Å²) < 4.78 is 16.5. The molecular formula is C17H19BrN2O4. The van der Waals surface area contributed by atoms with E-state index in [0.717, 1.165) is 5.56 Å². The summed E-state index contributed by atoms with van der Waals surface area (Å²) >= 11 is 3.38. The number of hydrogen-bond acceptors (Lipinski definition) is 5. The molecule has 0 spiro atoms. The average molecular weight is 395 g/mol. The van der Waals surface area contributed by atoms with Crippen LogP contribution in [0.15, 0.2) is 34.9 Å². The van der Waals surface area contributed by atoms with E-state index in [9.17, 15) is 4.79 Å². The molecule has 2 aromatic rings. The Morgan fingerprint density at radius 1 is 1.21 bits per heavy atom. The van der Waals surface area contributed by atoms with Crippen LogP contribution in [-0.2, 0) is 6.54 Å². The molecule has 0 unspecified atom stereocenters. The summed E-state index contributed by atoms with van der Waals surface area (Å²) in [6, 6.07) is 6.93. The number of hydrogen-bond donors (Lipinski definition) is 1. The first-order valence-corrected chi connectivity index (χ1v) is 8.15. The zero-order chi connectivity index (χ0) is 17.5. The number of methoxy groups -OCH3 is 2. The summed E-state index contributed by atoms with van der Waals surface area (Å²) in [5, 5.41) is 2.86. The van der Waals surface area contributed by atoms with Crippen molar-refractivity contribution in [2.45, 2.75) is 13.5 Å². The highest BCUT2D eigenvalue weighted by Gasteiger charge is 2.14. The van der Waals surface area contributed by atoms with Gasteiger partial charge >= 0.3 is 0 Å². The first-order valence-electron chi connectivity index (χ1n) is 7.36. The first-order chi connectivity index (χ1) is 11.6. The third-order valence-electron chi connectivity index (χ3n) is 3.25. The van der Waals surface area contributed by atoms with E-state index < -0.39 is 0 Å². The maximum absolute atomic E-state index is 12.4. The molecule has 1 N–H and O–H groups in total. The Kier molecular flexibility index (Phi) is 6.43. The summed E-state index contributed by atoms with van der Waals surface area (Å²) in [5.41, 5.74) is 1.35. The van der Waals surface area contributed by atoms with Gasteiger partial charge in [0.15, 0.2) is 0 Å². The standard InChI is InChI=1S/C17H19BrN2O4/c1-4-24-15-7-11(5-6-19-15)10-20-17(21)12-8-13(22-2)16(18)14(9-12)23-3/h5-9H,4,10H2,1-3H3,(H,20,21). The van der Waals surface area contributed by atoms with Crippen molar-refractivity contribution in [1.29, 1.82) is 0 Å². The van der Waals surface area contributed by atoms with Crippen molar-refractivity contribution in [3.05, 3.63) is 46.1 Å². The monoisotopic (exact) mass is 394 g/mol. The third-order valence-corrected chi connectivity index (χ3v) is 4.03. The molecule has 0 bridgehead atoms. The number of aromatic nitrogens is 1. The Balaban J connectivity index is 2.11. The molecule has 24 heavy (non-hydrogen) atoms. The van der Waals surface area contributed by atoms with Crippen LogP contribution >= 0.6 is 15.9 Å². The summed E-state index contributed by atoms with van der Waals surface area (Å²) in [6.45, 7) is 2.80. The zero-order valence-corrected chi connectivity index (χ0v) is 15.3. The van der Waals surface area contributed by atoms with Crippen molar-refractivity contribution >= 4 is 21.8 Å². The minimum Gasteiger partial charge on any atom is -0.495 e. The van der Waals surface area contributed by atoms with Crippen LogP contribution in [0.4, 0.5) is 0 Å². The van der Waals surface area contributed by atoms with E-state index in [1.54, 1.807) is 24.4 Å². The van der Waals surface area contributed by atoms with Gasteiger partial charge in [-0.15, -0.1) is 0 Å². The molecule has 0 radical (unpaired) electrons. The quantitative estimate of drug-likeness (QED) is 0.780. The second-order valence-electron chi connectivity index (χ2n) is 4.81. The van der Waals surface area contributed by atoms with Gasteiger partial charge in [-0.05, 0) is 46.6 Å². The molecule has 0 atom stereocenters. The summed E-state index contributed by atoms with van der Waals surface area (Å²) in [7, 11) is 3.07. The number of carbonyl (C=O) groups excluding carboxylic acids is 1. The Morgan fingerprint density at radius 2 is 1.88 bits per heavy atom. The SMILES string of the molecule is CCOc1cc(CNC(=O)c2cc(OC)c(Br)c(OC)c2)ccn1. The molecule has 1 heterocycles. The molecule has 1 aromatic carbocycles. The van der Waals surface area contributed by atoms with Crippen LogP contribution in [0.5, 0.6) is 17.4 Å². The second-order valence-corrected chi connectivity index (χ2v) is 5.61. The van der Waals surface area contributed by atoms with E-state index >= 15 is 0 Å².